The third kappa shape index (κ3) is 38.7. The number of methoxy groups -OCH3 is 3. The molecule has 24 nitrogen and oxygen atoms in total. The Bertz CT molecular complexity index is 3290. The molecule has 0 bridgehead atoms. The summed E-state index contributed by atoms with van der Waals surface area (Å²) in [6.45, 7) is 9.06. The van der Waals surface area contributed by atoms with Gasteiger partial charge in [0, 0.05) is 94.4 Å². The predicted octanol–water partition coefficient (Wildman–Crippen LogP) is 6.90. The summed E-state index contributed by atoms with van der Waals surface area (Å²) < 4.78 is 80.0. The minimum absolute atomic E-state index is 0. The number of sulfone groups is 1. The summed E-state index contributed by atoms with van der Waals surface area (Å²) in [5.74, 6) is 4.96. The van der Waals surface area contributed by atoms with Crippen molar-refractivity contribution in [3.8, 4) is 33.8 Å². The van der Waals surface area contributed by atoms with E-state index in [-0.39, 0.29) is 92.4 Å². The molecule has 0 saturated carbocycles. The van der Waals surface area contributed by atoms with E-state index in [1.807, 2.05) is 11.8 Å². The number of hydrogen-bond acceptors (Lipinski definition) is 26. The minimum Gasteiger partial charge on any atom is -0.850 e. The van der Waals surface area contributed by atoms with Gasteiger partial charge in [-0.05, 0) is 37.5 Å². The number of thiol groups is 1. The number of rotatable bonds is 33. The van der Waals surface area contributed by atoms with Crippen LogP contribution >= 0.6 is 94.0 Å². The van der Waals surface area contributed by atoms with E-state index < -0.39 is 25.6 Å². The smallest absolute Gasteiger partial charge is 0.850 e. The van der Waals surface area contributed by atoms with Crippen molar-refractivity contribution >= 4 is 131 Å². The first-order valence-electron chi connectivity index (χ1n) is 27.6. The van der Waals surface area contributed by atoms with Gasteiger partial charge in [-0.15, -0.1) is 36.2 Å². The summed E-state index contributed by atoms with van der Waals surface area (Å²) in [5, 5.41) is 37.0. The molecule has 0 aliphatic rings. The van der Waals surface area contributed by atoms with Crippen LogP contribution in [0, 0.1) is 0 Å². The Hall–Kier alpha value is -2.89. The summed E-state index contributed by atoms with van der Waals surface area (Å²) in [7, 11) is -1.75. The van der Waals surface area contributed by atoms with Crippen molar-refractivity contribution in [3.05, 3.63) is 102 Å². The van der Waals surface area contributed by atoms with Crippen molar-refractivity contribution in [1.82, 2.24) is 45.5 Å². The molecule has 35 heteroatoms. The normalized spacial score (nSPS) is 11.1. The van der Waals surface area contributed by atoms with E-state index in [1.54, 1.807) is 89.6 Å². The third-order valence-corrected chi connectivity index (χ3v) is 16.4. The van der Waals surface area contributed by atoms with Crippen LogP contribution in [0.5, 0.6) is 0 Å². The van der Waals surface area contributed by atoms with E-state index in [2.05, 4.69) is 67.1 Å². The fourth-order valence-corrected chi connectivity index (χ4v) is 10.0. The number of aryl methyl sites for hydroxylation is 3. The summed E-state index contributed by atoms with van der Waals surface area (Å²) in [6.07, 6.45) is 4.68. The van der Waals surface area contributed by atoms with Crippen LogP contribution in [0.4, 0.5) is 17.5 Å². The van der Waals surface area contributed by atoms with Gasteiger partial charge in [0.2, 0.25) is 0 Å². The van der Waals surface area contributed by atoms with Crippen LogP contribution in [0.1, 0.15) is 64.9 Å². The van der Waals surface area contributed by atoms with E-state index in [9.17, 15) is 21.9 Å². The van der Waals surface area contributed by atoms with E-state index in [0.717, 1.165) is 49.8 Å². The molecule has 0 atom stereocenters. The van der Waals surface area contributed by atoms with Crippen LogP contribution in [-0.4, -0.2) is 190 Å². The van der Waals surface area contributed by atoms with Gasteiger partial charge >= 0.3 is 29.6 Å². The number of nitrogens with two attached hydrogens (primary N) is 3. The Morgan fingerprint density at radius 3 is 1.17 bits per heavy atom. The quantitative estimate of drug-likeness (QED) is 0.0141. The number of thioether (sulfide) groups is 1. The first kappa shape index (κ1) is 89.1. The van der Waals surface area contributed by atoms with Crippen molar-refractivity contribution in [1.29, 1.82) is 0 Å². The molecule has 510 valence electrons. The first-order valence-corrected chi connectivity index (χ1v) is 35.3. The number of nitrogens with zero attached hydrogens (tertiary/aromatic N) is 9. The summed E-state index contributed by atoms with van der Waals surface area (Å²) in [4.78, 5) is 12.8. The van der Waals surface area contributed by atoms with Crippen LogP contribution in [0.15, 0.2) is 54.6 Å². The molecule has 0 unspecified atom stereocenters. The molecule has 0 amide bonds. The Balaban J connectivity index is 0.00000124. The second-order valence-electron chi connectivity index (χ2n) is 19.4. The van der Waals surface area contributed by atoms with Gasteiger partial charge in [-0.3, -0.25) is 4.18 Å². The number of hydrogen-bond donors (Lipinski definition) is 4. The van der Waals surface area contributed by atoms with E-state index in [4.69, 9.17) is 110 Å². The van der Waals surface area contributed by atoms with Gasteiger partial charge < -0.3 is 50.7 Å². The monoisotopic (exact) mass is 1490 g/mol. The standard InChI is InChI=1S/C17H22Cl2N4O4S.C17H22Cl2N4O2S.C15H18Cl2N4O4S.C4H9O.C3H8OS.CH4.Na/c1-26-8-10-28(24,25)11-9-27-7-3-6-14-21-17(20)16(23-22-14)12-4-2-5-13(18)15(12)19;1-24-8-10-26-11-9-25-7-3-6-14-21-17(20)16(23-22-14)12-4-2-5-13(18)15(12)19;1-26(22,23)25-9-8-24-7-3-6-12-19-15(18)14(21-20-12)10-4-2-5-11(16)13(10)17;1-4(2,3)5;1-4-2-3-5;;/h2,4-5H,3,6-11H2,1H3,(H2,20,21,22);2,4-5H,3,6-11H2,1H3,(H2,20,21,22);2,4-5H,3,6-9H2,1H3,(H2,18,19,20);1-3H3;5H,2-3H2,1H3;1H4;/q;;;-1;;;+1. The maximum absolute atomic E-state index is 11.7. The van der Waals surface area contributed by atoms with Gasteiger partial charge in [0.15, 0.2) is 44.8 Å². The number of benzene rings is 3. The fraction of sp³-hybridized carbons (Fsp3) is 0.526. The molecule has 92 heavy (non-hydrogen) atoms. The zero-order valence-corrected chi connectivity index (χ0v) is 62.0. The average Bonchev–Trinajstić information content (AvgIpc) is 2.62. The van der Waals surface area contributed by atoms with Crippen LogP contribution in [0.3, 0.4) is 0 Å². The van der Waals surface area contributed by atoms with Crippen molar-refractivity contribution in [2.75, 3.05) is 140 Å². The predicted molar refractivity (Wildman–Crippen MR) is 369 cm³/mol. The molecule has 0 spiro atoms. The maximum Gasteiger partial charge on any atom is 1.00 e. The molecular weight excluding hydrogens is 1410 g/mol. The molecule has 0 aliphatic heterocycles. The van der Waals surface area contributed by atoms with Gasteiger partial charge in [0.1, 0.15) is 17.1 Å². The zero-order chi connectivity index (χ0) is 67.1. The Morgan fingerprint density at radius 2 is 0.848 bits per heavy atom. The Labute approximate surface area is 603 Å². The van der Waals surface area contributed by atoms with Gasteiger partial charge in [0.25, 0.3) is 10.1 Å². The van der Waals surface area contributed by atoms with Gasteiger partial charge in [-0.25, -0.2) is 23.4 Å². The summed E-state index contributed by atoms with van der Waals surface area (Å²) in [5.41, 5.74) is 20.2. The molecular formula is C57H83Cl6N12NaO12S4. The molecule has 0 fully saturated rings. The number of nitrogen functional groups attached to an aromatic ring is 3. The van der Waals surface area contributed by atoms with Crippen LogP contribution in [-0.2, 0) is 71.8 Å². The summed E-state index contributed by atoms with van der Waals surface area (Å²) >= 11 is 42.3. The molecule has 6 rings (SSSR count). The molecule has 3 aromatic carbocycles. The Kier molecular flexibility index (Phi) is 48.0. The molecule has 6 N–H and O–H groups in total. The fourth-order valence-electron chi connectivity index (χ4n) is 6.57. The van der Waals surface area contributed by atoms with Gasteiger partial charge in [0.05, 0.1) is 94.1 Å². The number of ether oxygens (including phenoxy) is 6. The van der Waals surface area contributed by atoms with Crippen molar-refractivity contribution in [2.24, 2.45) is 0 Å². The van der Waals surface area contributed by atoms with Crippen molar-refractivity contribution < 1.29 is 84.1 Å². The molecule has 6 aromatic rings. The topological polar surface area (TPSA) is 350 Å². The molecule has 0 aliphatic carbocycles. The van der Waals surface area contributed by atoms with Crippen LogP contribution in [0.2, 0.25) is 30.1 Å². The van der Waals surface area contributed by atoms with Crippen LogP contribution in [0.25, 0.3) is 33.8 Å². The molecule has 0 saturated heterocycles. The average molecular weight is 1490 g/mol. The van der Waals surface area contributed by atoms with Gasteiger partial charge in [-0.2, -0.15) is 32.8 Å². The van der Waals surface area contributed by atoms with E-state index in [1.165, 1.54) is 7.11 Å². The zero-order valence-electron chi connectivity index (χ0n) is 52.1. The number of halogens is 6. The van der Waals surface area contributed by atoms with E-state index >= 15 is 0 Å². The molecule has 3 heterocycles. The minimum atomic E-state index is -3.44. The molecule has 0 radical (unpaired) electrons. The SMILES string of the molecule is C.CC(C)(C)[O-].COCCS.COCCS(=O)(=O)CCOCCCc1nnc(-c2cccc(Cl)c2Cl)c(N)n1.COCCSCCOCCCc1nnc(-c2cccc(Cl)c2Cl)c(N)n1.CS(=O)(=O)OCCOCCCc1nnc(-c2cccc(Cl)c2Cl)c(N)n1.[Na+]. The maximum atomic E-state index is 11.7. The summed E-state index contributed by atoms with van der Waals surface area (Å²) in [6, 6.07) is 15.6. The molecule has 3 aromatic heterocycles. The first-order chi connectivity index (χ1) is 42.7. The second kappa shape index (κ2) is 49.6. The van der Waals surface area contributed by atoms with Crippen molar-refractivity contribution in [2.45, 2.75) is 72.3 Å². The van der Waals surface area contributed by atoms with Crippen molar-refractivity contribution in [3.63, 3.8) is 0 Å². The number of anilines is 3. The largest absolute Gasteiger partial charge is 1.00 e. The van der Waals surface area contributed by atoms with Crippen LogP contribution < -0.4 is 51.9 Å². The second-order valence-corrected chi connectivity index (χ2v) is 27.4. The third-order valence-electron chi connectivity index (χ3n) is 10.7. The van der Waals surface area contributed by atoms with Gasteiger partial charge in [-0.1, -0.05) is 134 Å². The number of aromatic nitrogens is 9. The van der Waals surface area contributed by atoms with E-state index in [0.29, 0.717) is 133 Å². The Morgan fingerprint density at radius 1 is 0.511 bits per heavy atom.